The lowest BCUT2D eigenvalue weighted by Gasteiger charge is -2.12. The summed E-state index contributed by atoms with van der Waals surface area (Å²) in [5, 5.41) is 3.96. The number of nitrogens with one attached hydrogen (secondary N) is 3. The van der Waals surface area contributed by atoms with Gasteiger partial charge in [0.2, 0.25) is 0 Å². The van der Waals surface area contributed by atoms with Crippen LogP contribution < -0.4 is 16.2 Å². The van der Waals surface area contributed by atoms with Gasteiger partial charge in [-0.1, -0.05) is 23.9 Å². The van der Waals surface area contributed by atoms with E-state index >= 15 is 0 Å². The van der Waals surface area contributed by atoms with Gasteiger partial charge in [0, 0.05) is 36.8 Å². The predicted octanol–water partition coefficient (Wildman–Crippen LogP) is 1.65. The number of rotatable bonds is 5. The first-order valence-electron chi connectivity index (χ1n) is 7.63. The van der Waals surface area contributed by atoms with Gasteiger partial charge in [-0.3, -0.25) is 10.2 Å². The first-order chi connectivity index (χ1) is 11.1. The summed E-state index contributed by atoms with van der Waals surface area (Å²) in [6.07, 6.45) is 4.56. The highest BCUT2D eigenvalue weighted by molar-refractivity contribution is 7.98. The smallest absolute Gasteiger partial charge is 0.252 e. The van der Waals surface area contributed by atoms with E-state index in [1.807, 2.05) is 42.1 Å². The standard InChI is InChI=1S/C16H21N5OS/c1-11-8-14(20-19-11)18-15(22)13-5-3-4-12(9-13)10-23-16-17-6-7-21(16)2/h3-7,9,11,14,19-20H,8,10H2,1-2H3,(H,18,22). The van der Waals surface area contributed by atoms with E-state index in [0.29, 0.717) is 11.6 Å². The molecule has 1 amide bonds. The molecule has 1 aliphatic heterocycles. The Labute approximate surface area is 140 Å². The maximum Gasteiger partial charge on any atom is 0.252 e. The Balaban J connectivity index is 1.60. The van der Waals surface area contributed by atoms with Crippen LogP contribution >= 0.6 is 11.8 Å². The van der Waals surface area contributed by atoms with Crippen LogP contribution in [0, 0.1) is 0 Å². The molecule has 1 fully saturated rings. The molecule has 0 radical (unpaired) electrons. The van der Waals surface area contributed by atoms with Gasteiger partial charge in [0.15, 0.2) is 5.16 Å². The average molecular weight is 331 g/mol. The van der Waals surface area contributed by atoms with Crippen LogP contribution in [0.3, 0.4) is 0 Å². The summed E-state index contributed by atoms with van der Waals surface area (Å²) >= 11 is 1.66. The van der Waals surface area contributed by atoms with Crippen LogP contribution in [0.4, 0.5) is 0 Å². The highest BCUT2D eigenvalue weighted by Crippen LogP contribution is 2.21. The number of carbonyl (C=O) groups excluding carboxylic acids is 1. The number of benzene rings is 1. The maximum atomic E-state index is 12.3. The molecule has 3 N–H and O–H groups in total. The van der Waals surface area contributed by atoms with Crippen molar-refractivity contribution in [2.45, 2.75) is 36.5 Å². The van der Waals surface area contributed by atoms with E-state index < -0.39 is 0 Å². The lowest BCUT2D eigenvalue weighted by atomic mass is 10.1. The number of hydrogen-bond acceptors (Lipinski definition) is 5. The maximum absolute atomic E-state index is 12.3. The van der Waals surface area contributed by atoms with Gasteiger partial charge in [-0.15, -0.1) is 0 Å². The molecule has 23 heavy (non-hydrogen) atoms. The Morgan fingerprint density at radius 3 is 3.04 bits per heavy atom. The van der Waals surface area contributed by atoms with E-state index in [2.05, 4.69) is 28.1 Å². The minimum absolute atomic E-state index is 0.0249. The molecule has 0 spiro atoms. The fourth-order valence-electron chi connectivity index (χ4n) is 2.49. The quantitative estimate of drug-likeness (QED) is 0.727. The second-order valence-electron chi connectivity index (χ2n) is 5.76. The van der Waals surface area contributed by atoms with E-state index in [1.165, 1.54) is 0 Å². The highest BCUT2D eigenvalue weighted by atomic mass is 32.2. The van der Waals surface area contributed by atoms with Crippen LogP contribution in [-0.2, 0) is 12.8 Å². The van der Waals surface area contributed by atoms with Crippen molar-refractivity contribution < 1.29 is 4.79 Å². The van der Waals surface area contributed by atoms with Gasteiger partial charge in [0.1, 0.15) is 0 Å². The summed E-state index contributed by atoms with van der Waals surface area (Å²) < 4.78 is 1.99. The molecule has 6 nitrogen and oxygen atoms in total. The summed E-state index contributed by atoms with van der Waals surface area (Å²) in [5.41, 5.74) is 7.97. The second-order valence-corrected chi connectivity index (χ2v) is 6.70. The fourth-order valence-corrected chi connectivity index (χ4v) is 3.37. The highest BCUT2D eigenvalue weighted by Gasteiger charge is 2.22. The third-order valence-electron chi connectivity index (χ3n) is 3.73. The number of imidazole rings is 1. The minimum atomic E-state index is -0.0535. The molecule has 2 aromatic rings. The third-order valence-corrected chi connectivity index (χ3v) is 4.86. The van der Waals surface area contributed by atoms with E-state index in [0.717, 1.165) is 22.9 Å². The van der Waals surface area contributed by atoms with Gasteiger partial charge >= 0.3 is 0 Å². The third kappa shape index (κ3) is 4.13. The molecule has 2 heterocycles. The van der Waals surface area contributed by atoms with Crippen molar-refractivity contribution in [3.63, 3.8) is 0 Å². The Hall–Kier alpha value is -1.83. The summed E-state index contributed by atoms with van der Waals surface area (Å²) in [5.74, 6) is 0.730. The van der Waals surface area contributed by atoms with E-state index in [-0.39, 0.29) is 12.1 Å². The SMILES string of the molecule is CC1CC(NC(=O)c2cccc(CSc3nccn3C)c2)NN1. The lowest BCUT2D eigenvalue weighted by Crippen LogP contribution is -2.44. The van der Waals surface area contributed by atoms with Crippen LogP contribution in [-0.4, -0.2) is 27.7 Å². The zero-order valence-electron chi connectivity index (χ0n) is 13.2. The van der Waals surface area contributed by atoms with Crippen LogP contribution in [0.5, 0.6) is 0 Å². The van der Waals surface area contributed by atoms with Gasteiger partial charge in [-0.25, -0.2) is 10.4 Å². The molecule has 1 aromatic carbocycles. The van der Waals surface area contributed by atoms with Gasteiger partial charge in [-0.2, -0.15) is 0 Å². The topological polar surface area (TPSA) is 71.0 Å². The van der Waals surface area contributed by atoms with Gasteiger partial charge in [0.05, 0.1) is 6.17 Å². The fraction of sp³-hybridized carbons (Fsp3) is 0.375. The summed E-state index contributed by atoms with van der Waals surface area (Å²) in [4.78, 5) is 16.6. The van der Waals surface area contributed by atoms with Crippen molar-refractivity contribution in [2.75, 3.05) is 0 Å². The van der Waals surface area contributed by atoms with E-state index in [9.17, 15) is 4.79 Å². The van der Waals surface area contributed by atoms with Crippen LogP contribution in [0.2, 0.25) is 0 Å². The van der Waals surface area contributed by atoms with Crippen LogP contribution in [0.15, 0.2) is 41.8 Å². The molecular weight excluding hydrogens is 310 g/mol. The van der Waals surface area contributed by atoms with Crippen molar-refractivity contribution in [1.29, 1.82) is 0 Å². The Kier molecular flexibility index (Phi) is 5.00. The molecule has 2 unspecified atom stereocenters. The number of hydrazine groups is 1. The van der Waals surface area contributed by atoms with Gasteiger partial charge < -0.3 is 9.88 Å². The van der Waals surface area contributed by atoms with Crippen molar-refractivity contribution >= 4 is 17.7 Å². The number of amides is 1. The molecule has 0 aliphatic carbocycles. The largest absolute Gasteiger partial charge is 0.335 e. The van der Waals surface area contributed by atoms with Crippen molar-refractivity contribution in [2.24, 2.45) is 7.05 Å². The first kappa shape index (κ1) is 16.0. The van der Waals surface area contributed by atoms with Gasteiger partial charge in [-0.05, 0) is 31.0 Å². The molecule has 0 saturated carbocycles. The number of aromatic nitrogens is 2. The molecule has 1 aliphatic rings. The normalized spacial score (nSPS) is 20.6. The Morgan fingerprint density at radius 1 is 1.48 bits per heavy atom. The number of nitrogens with zero attached hydrogens (tertiary/aromatic N) is 2. The zero-order chi connectivity index (χ0) is 16.2. The van der Waals surface area contributed by atoms with Crippen molar-refractivity contribution in [1.82, 2.24) is 25.7 Å². The van der Waals surface area contributed by atoms with E-state index in [4.69, 9.17) is 0 Å². The lowest BCUT2D eigenvalue weighted by molar-refractivity contribution is 0.0932. The first-order valence-corrected chi connectivity index (χ1v) is 8.61. The monoisotopic (exact) mass is 331 g/mol. The number of aryl methyl sites for hydroxylation is 1. The second kappa shape index (κ2) is 7.16. The summed E-state index contributed by atoms with van der Waals surface area (Å²) in [6, 6.07) is 8.10. The zero-order valence-corrected chi connectivity index (χ0v) is 14.1. The molecule has 0 bridgehead atoms. The predicted molar refractivity (Wildman–Crippen MR) is 90.8 cm³/mol. The van der Waals surface area contributed by atoms with E-state index in [1.54, 1.807) is 18.0 Å². The molecular formula is C16H21N5OS. The number of thioether (sulfide) groups is 1. The Bertz CT molecular complexity index is 687. The molecule has 1 aromatic heterocycles. The molecule has 122 valence electrons. The Morgan fingerprint density at radius 2 is 2.35 bits per heavy atom. The van der Waals surface area contributed by atoms with Crippen LogP contribution in [0.25, 0.3) is 0 Å². The minimum Gasteiger partial charge on any atom is -0.335 e. The number of hydrogen-bond donors (Lipinski definition) is 3. The molecule has 3 rings (SSSR count). The summed E-state index contributed by atoms with van der Waals surface area (Å²) in [6.45, 7) is 2.08. The number of carbonyl (C=O) groups is 1. The summed E-state index contributed by atoms with van der Waals surface area (Å²) in [7, 11) is 1.98. The average Bonchev–Trinajstić information content (AvgIpc) is 3.14. The van der Waals surface area contributed by atoms with Crippen molar-refractivity contribution in [3.05, 3.63) is 47.8 Å². The van der Waals surface area contributed by atoms with Gasteiger partial charge in [0.25, 0.3) is 5.91 Å². The van der Waals surface area contributed by atoms with Crippen molar-refractivity contribution in [3.8, 4) is 0 Å². The molecule has 2 atom stereocenters. The van der Waals surface area contributed by atoms with Crippen LogP contribution in [0.1, 0.15) is 29.3 Å². The molecule has 1 saturated heterocycles. The molecule has 7 heteroatoms.